The number of aromatic nitrogens is 4. The summed E-state index contributed by atoms with van der Waals surface area (Å²) in [6, 6.07) is 6.80. The van der Waals surface area contributed by atoms with Crippen LogP contribution in [0.1, 0.15) is 44.5 Å². The molecule has 0 aromatic carbocycles. The molecule has 4 aromatic rings. The molecule has 0 fully saturated rings. The van der Waals surface area contributed by atoms with Crippen LogP contribution in [0.2, 0.25) is 5.15 Å². The molecule has 1 amide bonds. The zero-order valence-electron chi connectivity index (χ0n) is 21.5. The topological polar surface area (TPSA) is 102 Å². The van der Waals surface area contributed by atoms with E-state index in [1.807, 2.05) is 6.92 Å². The van der Waals surface area contributed by atoms with Crippen LogP contribution in [0.5, 0.6) is 5.75 Å². The molecule has 8 nitrogen and oxygen atoms in total. The van der Waals surface area contributed by atoms with E-state index in [0.717, 1.165) is 28.2 Å². The van der Waals surface area contributed by atoms with Crippen molar-refractivity contribution in [3.63, 3.8) is 0 Å². The van der Waals surface area contributed by atoms with E-state index < -0.39 is 12.7 Å². The molecule has 0 saturated carbocycles. The van der Waals surface area contributed by atoms with Gasteiger partial charge in [-0.1, -0.05) is 17.7 Å². The first kappa shape index (κ1) is 27.8. The molecule has 0 spiro atoms. The molecule has 0 radical (unpaired) electrons. The van der Waals surface area contributed by atoms with Gasteiger partial charge in [-0.2, -0.15) is 13.2 Å². The standard InChI is InChI=1S/C27H24ClF3N6O2S/c1-14-7-17(18-9-23(28)33-12-21(18)39-2)19(11-32-14)25(38)37-26-36-20-5-3-15(8-22(20)40-26)16-4-6-24(34-10-16)35-13-27(29,30)31/h4,6-7,9-12,15H,3,5,8,13H2,1-2H3,(H,34,35)(H,36,37,38). The number of alkyl halides is 3. The van der Waals surface area contributed by atoms with E-state index >= 15 is 0 Å². The van der Waals surface area contributed by atoms with Gasteiger partial charge in [0.2, 0.25) is 0 Å². The Hall–Kier alpha value is -3.77. The maximum Gasteiger partial charge on any atom is 0.405 e. The molecule has 1 aliphatic rings. The average molecular weight is 589 g/mol. The fraction of sp³-hybridized carbons (Fsp3) is 0.296. The number of methoxy groups -OCH3 is 1. The van der Waals surface area contributed by atoms with E-state index in [9.17, 15) is 18.0 Å². The van der Waals surface area contributed by atoms with Crippen LogP contribution in [0.4, 0.5) is 24.1 Å². The van der Waals surface area contributed by atoms with Crippen LogP contribution < -0.4 is 15.4 Å². The lowest BCUT2D eigenvalue weighted by Gasteiger charge is -2.21. The number of rotatable bonds is 7. The predicted molar refractivity (Wildman–Crippen MR) is 147 cm³/mol. The Morgan fingerprint density at radius 1 is 1.15 bits per heavy atom. The molecular formula is C27H24ClF3N6O2S. The van der Waals surface area contributed by atoms with Gasteiger partial charge >= 0.3 is 6.18 Å². The summed E-state index contributed by atoms with van der Waals surface area (Å²) in [6.07, 6.45) is 2.55. The number of anilines is 2. The van der Waals surface area contributed by atoms with Crippen LogP contribution >= 0.6 is 22.9 Å². The largest absolute Gasteiger partial charge is 0.494 e. The molecular weight excluding hydrogens is 565 g/mol. The molecule has 0 saturated heterocycles. The number of pyridine rings is 3. The monoisotopic (exact) mass is 588 g/mol. The molecule has 0 bridgehead atoms. The summed E-state index contributed by atoms with van der Waals surface area (Å²) < 4.78 is 42.8. The molecule has 1 atom stereocenters. The first-order valence-corrected chi connectivity index (χ1v) is 13.5. The van der Waals surface area contributed by atoms with Gasteiger partial charge in [-0.25, -0.2) is 15.0 Å². The minimum Gasteiger partial charge on any atom is -0.494 e. The summed E-state index contributed by atoms with van der Waals surface area (Å²) >= 11 is 7.55. The maximum absolute atomic E-state index is 13.4. The van der Waals surface area contributed by atoms with Crippen LogP contribution in [-0.4, -0.2) is 45.7 Å². The van der Waals surface area contributed by atoms with Crippen molar-refractivity contribution < 1.29 is 22.7 Å². The van der Waals surface area contributed by atoms with Crippen molar-refractivity contribution in [3.8, 4) is 16.9 Å². The highest BCUT2D eigenvalue weighted by Gasteiger charge is 2.28. The van der Waals surface area contributed by atoms with Crippen LogP contribution in [0.15, 0.2) is 42.9 Å². The predicted octanol–water partition coefficient (Wildman–Crippen LogP) is 6.46. The van der Waals surface area contributed by atoms with Crippen molar-refractivity contribution in [3.05, 3.63) is 75.4 Å². The fourth-order valence-electron chi connectivity index (χ4n) is 4.57. The molecule has 0 aliphatic heterocycles. The molecule has 4 aromatic heterocycles. The zero-order chi connectivity index (χ0) is 28.4. The van der Waals surface area contributed by atoms with E-state index in [1.54, 1.807) is 30.5 Å². The van der Waals surface area contributed by atoms with Crippen molar-refractivity contribution in [1.82, 2.24) is 19.9 Å². The Morgan fingerprint density at radius 2 is 1.98 bits per heavy atom. The number of fused-ring (bicyclic) bond motifs is 1. The lowest BCUT2D eigenvalue weighted by atomic mass is 9.86. The highest BCUT2D eigenvalue weighted by Crippen LogP contribution is 2.38. The van der Waals surface area contributed by atoms with Gasteiger partial charge in [-0.05, 0) is 55.9 Å². The summed E-state index contributed by atoms with van der Waals surface area (Å²) in [7, 11) is 1.52. The van der Waals surface area contributed by atoms with Crippen molar-refractivity contribution in [2.75, 3.05) is 24.3 Å². The fourth-order valence-corrected chi connectivity index (χ4v) is 5.81. The van der Waals surface area contributed by atoms with Gasteiger partial charge in [0.15, 0.2) is 5.13 Å². The van der Waals surface area contributed by atoms with E-state index in [1.165, 1.54) is 30.8 Å². The number of ether oxygens (including phenoxy) is 1. The number of carbonyl (C=O) groups excluding carboxylic acids is 1. The second-order valence-electron chi connectivity index (χ2n) is 9.31. The van der Waals surface area contributed by atoms with Gasteiger partial charge in [-0.3, -0.25) is 15.1 Å². The number of hydrogen-bond donors (Lipinski definition) is 2. The summed E-state index contributed by atoms with van der Waals surface area (Å²) in [6.45, 7) is 0.694. The van der Waals surface area contributed by atoms with E-state index in [4.69, 9.17) is 16.3 Å². The highest BCUT2D eigenvalue weighted by atomic mass is 35.5. The minimum atomic E-state index is -4.31. The first-order valence-electron chi connectivity index (χ1n) is 12.3. The Bertz CT molecular complexity index is 1540. The van der Waals surface area contributed by atoms with Gasteiger partial charge in [0, 0.05) is 34.1 Å². The molecule has 5 rings (SSSR count). The number of thiazole rings is 1. The molecule has 1 unspecified atom stereocenters. The van der Waals surface area contributed by atoms with E-state index in [2.05, 4.69) is 30.6 Å². The Balaban J connectivity index is 1.31. The zero-order valence-corrected chi connectivity index (χ0v) is 23.0. The van der Waals surface area contributed by atoms with Crippen LogP contribution in [0, 0.1) is 6.92 Å². The second-order valence-corrected chi connectivity index (χ2v) is 10.8. The third kappa shape index (κ3) is 6.34. The summed E-state index contributed by atoms with van der Waals surface area (Å²) in [5.74, 6) is 0.430. The van der Waals surface area contributed by atoms with Crippen molar-refractivity contribution in [2.45, 2.75) is 38.3 Å². The SMILES string of the molecule is COc1cnc(Cl)cc1-c1cc(C)ncc1C(=O)Nc1nc2c(s1)CC(c1ccc(NCC(F)(F)F)nc1)CC2. The molecule has 13 heteroatoms. The average Bonchev–Trinajstić information content (AvgIpc) is 3.33. The smallest absolute Gasteiger partial charge is 0.405 e. The van der Waals surface area contributed by atoms with E-state index in [0.29, 0.717) is 40.4 Å². The third-order valence-corrected chi connectivity index (χ3v) is 7.76. The number of nitrogens with zero attached hydrogens (tertiary/aromatic N) is 4. The number of carbonyl (C=O) groups is 1. The first-order chi connectivity index (χ1) is 19.1. The van der Waals surface area contributed by atoms with Crippen LogP contribution in [0.25, 0.3) is 11.1 Å². The number of hydrogen-bond acceptors (Lipinski definition) is 8. The van der Waals surface area contributed by atoms with Gasteiger partial charge in [-0.15, -0.1) is 11.3 Å². The second kappa shape index (κ2) is 11.4. The summed E-state index contributed by atoms with van der Waals surface area (Å²) in [4.78, 5) is 31.6. The molecule has 1 aliphatic carbocycles. The molecule has 2 N–H and O–H groups in total. The number of amides is 1. The van der Waals surface area contributed by atoms with Gasteiger partial charge in [0.1, 0.15) is 23.3 Å². The van der Waals surface area contributed by atoms with Gasteiger partial charge in [0.25, 0.3) is 5.91 Å². The van der Waals surface area contributed by atoms with E-state index in [-0.39, 0.29) is 22.8 Å². The Kier molecular flexibility index (Phi) is 7.90. The normalized spacial score (nSPS) is 14.9. The molecule has 4 heterocycles. The van der Waals surface area contributed by atoms with Crippen molar-refractivity contribution in [2.24, 2.45) is 0 Å². The molecule has 208 valence electrons. The summed E-state index contributed by atoms with van der Waals surface area (Å²) in [5, 5.41) is 5.94. The minimum absolute atomic E-state index is 0.150. The number of nitrogens with one attached hydrogen (secondary N) is 2. The Morgan fingerprint density at radius 3 is 2.70 bits per heavy atom. The lowest BCUT2D eigenvalue weighted by molar-refractivity contribution is -0.115. The van der Waals surface area contributed by atoms with Crippen LogP contribution in [-0.2, 0) is 12.8 Å². The number of halogens is 4. The third-order valence-electron chi connectivity index (χ3n) is 6.52. The maximum atomic E-state index is 13.4. The summed E-state index contributed by atoms with van der Waals surface area (Å²) in [5.41, 5.74) is 4.15. The van der Waals surface area contributed by atoms with Gasteiger partial charge in [0.05, 0.1) is 24.6 Å². The van der Waals surface area contributed by atoms with Crippen molar-refractivity contribution >= 4 is 39.8 Å². The Labute approximate surface area is 237 Å². The number of aryl methyl sites for hydroxylation is 2. The quantitative estimate of drug-likeness (QED) is 0.239. The lowest BCUT2D eigenvalue weighted by Crippen LogP contribution is -2.21. The highest BCUT2D eigenvalue weighted by molar-refractivity contribution is 7.15. The van der Waals surface area contributed by atoms with Crippen LogP contribution in [0.3, 0.4) is 0 Å². The van der Waals surface area contributed by atoms with Gasteiger partial charge < -0.3 is 10.1 Å². The molecule has 40 heavy (non-hydrogen) atoms. The van der Waals surface area contributed by atoms with Crippen molar-refractivity contribution in [1.29, 1.82) is 0 Å².